The van der Waals surface area contributed by atoms with Crippen LogP contribution in [-0.2, 0) is 0 Å². The van der Waals surface area contributed by atoms with E-state index in [0.29, 0.717) is 11.3 Å². The molecule has 4 N–H and O–H groups in total. The van der Waals surface area contributed by atoms with Crippen LogP contribution in [0.1, 0.15) is 50.9 Å². The largest absolute Gasteiger partial charge is 0.398 e. The van der Waals surface area contributed by atoms with Gasteiger partial charge >= 0.3 is 0 Å². The maximum absolute atomic E-state index is 12.5. The number of hydrogen-bond donors (Lipinski definition) is 3. The van der Waals surface area contributed by atoms with Gasteiger partial charge in [-0.05, 0) is 58.7 Å². The monoisotopic (exact) mass is 353 g/mol. The van der Waals surface area contributed by atoms with Gasteiger partial charge in [0.1, 0.15) is 0 Å². The van der Waals surface area contributed by atoms with Crippen LogP contribution in [0.4, 0.5) is 5.69 Å². The van der Waals surface area contributed by atoms with Gasteiger partial charge in [-0.3, -0.25) is 4.79 Å². The van der Waals surface area contributed by atoms with E-state index in [0.717, 1.165) is 17.3 Å². The average Bonchev–Trinajstić information content (AvgIpc) is 2.27. The number of nitrogens with two attached hydrogens (primary N) is 1. The first kappa shape index (κ1) is 16.3. The van der Waals surface area contributed by atoms with Gasteiger partial charge in [0.25, 0.3) is 5.91 Å². The summed E-state index contributed by atoms with van der Waals surface area (Å²) in [7, 11) is 0. The van der Waals surface area contributed by atoms with Crippen molar-refractivity contribution in [2.45, 2.75) is 57.7 Å². The molecule has 21 heavy (non-hydrogen) atoms. The Morgan fingerprint density at radius 3 is 2.43 bits per heavy atom. The number of nitrogen functional groups attached to an aromatic ring is 1. The summed E-state index contributed by atoms with van der Waals surface area (Å²) in [6.45, 7) is 8.67. The molecule has 1 heterocycles. The van der Waals surface area contributed by atoms with E-state index in [-0.39, 0.29) is 23.0 Å². The second kappa shape index (κ2) is 5.61. The minimum Gasteiger partial charge on any atom is -0.398 e. The minimum atomic E-state index is -0.104. The Morgan fingerprint density at radius 1 is 1.29 bits per heavy atom. The van der Waals surface area contributed by atoms with E-state index < -0.39 is 0 Å². The highest BCUT2D eigenvalue weighted by atomic mass is 79.9. The molecule has 0 atom stereocenters. The number of halogens is 1. The predicted octanol–water partition coefficient (Wildman–Crippen LogP) is 3.07. The van der Waals surface area contributed by atoms with E-state index >= 15 is 0 Å². The van der Waals surface area contributed by atoms with Gasteiger partial charge in [0.2, 0.25) is 0 Å². The SMILES string of the molecule is CC1(C)CC(NC(=O)c2cc(Br)ccc2N)CC(C)(C)N1. The van der Waals surface area contributed by atoms with E-state index in [2.05, 4.69) is 54.3 Å². The molecule has 0 spiro atoms. The fraction of sp³-hybridized carbons (Fsp3) is 0.562. The van der Waals surface area contributed by atoms with Crippen molar-refractivity contribution in [3.8, 4) is 0 Å². The van der Waals surface area contributed by atoms with Crippen molar-refractivity contribution < 1.29 is 4.79 Å². The molecule has 0 unspecified atom stereocenters. The molecule has 0 aliphatic carbocycles. The Kier molecular flexibility index (Phi) is 4.36. The first-order valence-electron chi connectivity index (χ1n) is 7.23. The third-order valence-electron chi connectivity index (χ3n) is 3.79. The fourth-order valence-corrected chi connectivity index (χ4v) is 3.77. The van der Waals surface area contributed by atoms with Crippen molar-refractivity contribution in [3.05, 3.63) is 28.2 Å². The molecule has 0 radical (unpaired) electrons. The van der Waals surface area contributed by atoms with Crippen LogP contribution in [0.5, 0.6) is 0 Å². The van der Waals surface area contributed by atoms with Gasteiger partial charge in [0, 0.05) is 27.3 Å². The molecule has 1 aromatic carbocycles. The summed E-state index contributed by atoms with van der Waals surface area (Å²) >= 11 is 3.38. The van der Waals surface area contributed by atoms with Gasteiger partial charge in [-0.2, -0.15) is 0 Å². The summed E-state index contributed by atoms with van der Waals surface area (Å²) in [6.07, 6.45) is 1.80. The highest BCUT2D eigenvalue weighted by molar-refractivity contribution is 9.10. The maximum Gasteiger partial charge on any atom is 0.253 e. The fourth-order valence-electron chi connectivity index (χ4n) is 3.41. The summed E-state index contributed by atoms with van der Waals surface area (Å²) in [5.41, 5.74) is 6.94. The first-order valence-corrected chi connectivity index (χ1v) is 8.03. The lowest BCUT2D eigenvalue weighted by Crippen LogP contribution is -2.62. The number of anilines is 1. The van der Waals surface area contributed by atoms with Crippen molar-refractivity contribution in [1.82, 2.24) is 10.6 Å². The number of carbonyl (C=O) groups excluding carboxylic acids is 1. The third-order valence-corrected chi connectivity index (χ3v) is 4.28. The average molecular weight is 354 g/mol. The number of piperidine rings is 1. The van der Waals surface area contributed by atoms with Crippen LogP contribution in [-0.4, -0.2) is 23.0 Å². The molecule has 1 fully saturated rings. The topological polar surface area (TPSA) is 67.2 Å². The van der Waals surface area contributed by atoms with Crippen LogP contribution in [0.3, 0.4) is 0 Å². The summed E-state index contributed by atoms with van der Waals surface area (Å²) in [4.78, 5) is 12.5. The maximum atomic E-state index is 12.5. The summed E-state index contributed by atoms with van der Waals surface area (Å²) in [5.74, 6) is -0.104. The lowest BCUT2D eigenvalue weighted by Gasteiger charge is -2.46. The number of nitrogens with one attached hydrogen (secondary N) is 2. The summed E-state index contributed by atoms with van der Waals surface area (Å²) in [6, 6.07) is 5.49. The van der Waals surface area contributed by atoms with Gasteiger partial charge in [0.05, 0.1) is 5.56 Å². The molecule has 1 aromatic rings. The molecule has 2 rings (SSSR count). The van der Waals surface area contributed by atoms with Crippen molar-refractivity contribution in [3.63, 3.8) is 0 Å². The Balaban J connectivity index is 2.14. The van der Waals surface area contributed by atoms with Crippen LogP contribution >= 0.6 is 15.9 Å². The van der Waals surface area contributed by atoms with E-state index in [9.17, 15) is 4.79 Å². The highest BCUT2D eigenvalue weighted by Gasteiger charge is 2.38. The zero-order valence-electron chi connectivity index (χ0n) is 13.1. The van der Waals surface area contributed by atoms with Crippen molar-refractivity contribution in [2.75, 3.05) is 5.73 Å². The van der Waals surface area contributed by atoms with E-state index in [1.807, 2.05) is 6.07 Å². The van der Waals surface area contributed by atoms with E-state index in [1.54, 1.807) is 12.1 Å². The Morgan fingerprint density at radius 2 is 1.86 bits per heavy atom. The molecular formula is C16H24BrN3O. The predicted molar refractivity (Wildman–Crippen MR) is 90.3 cm³/mol. The number of hydrogen-bond acceptors (Lipinski definition) is 3. The molecule has 1 aliphatic heterocycles. The van der Waals surface area contributed by atoms with Crippen LogP contribution in [0.2, 0.25) is 0 Å². The molecule has 4 nitrogen and oxygen atoms in total. The molecule has 1 amide bonds. The Labute approximate surface area is 135 Å². The molecule has 116 valence electrons. The first-order chi connectivity index (χ1) is 9.58. The molecule has 5 heteroatoms. The molecular weight excluding hydrogens is 330 g/mol. The van der Waals surface area contributed by atoms with Crippen molar-refractivity contribution >= 4 is 27.5 Å². The second-order valence-corrected chi connectivity index (χ2v) is 8.12. The van der Waals surface area contributed by atoms with E-state index in [1.165, 1.54) is 0 Å². The number of benzene rings is 1. The van der Waals surface area contributed by atoms with Crippen LogP contribution in [0.15, 0.2) is 22.7 Å². The standard InChI is InChI=1S/C16H24BrN3O/c1-15(2)8-11(9-16(3,4)20-15)19-14(21)12-7-10(17)5-6-13(12)18/h5-7,11,20H,8-9,18H2,1-4H3,(H,19,21). The smallest absolute Gasteiger partial charge is 0.253 e. The second-order valence-electron chi connectivity index (χ2n) is 7.20. The normalized spacial score (nSPS) is 21.0. The minimum absolute atomic E-state index is 0.00249. The number of amides is 1. The molecule has 1 aliphatic rings. The van der Waals surface area contributed by atoms with E-state index in [4.69, 9.17) is 5.73 Å². The Hall–Kier alpha value is -1.07. The number of carbonyl (C=O) groups is 1. The van der Waals surface area contributed by atoms with Gasteiger partial charge < -0.3 is 16.4 Å². The highest BCUT2D eigenvalue weighted by Crippen LogP contribution is 2.29. The molecule has 0 aromatic heterocycles. The van der Waals surface area contributed by atoms with Crippen LogP contribution in [0, 0.1) is 0 Å². The lowest BCUT2D eigenvalue weighted by atomic mass is 9.79. The lowest BCUT2D eigenvalue weighted by molar-refractivity contribution is 0.0874. The molecule has 1 saturated heterocycles. The Bertz CT molecular complexity index is 538. The third kappa shape index (κ3) is 4.20. The zero-order valence-corrected chi connectivity index (χ0v) is 14.7. The molecule has 0 saturated carbocycles. The van der Waals surface area contributed by atoms with Crippen molar-refractivity contribution in [2.24, 2.45) is 0 Å². The quantitative estimate of drug-likeness (QED) is 0.715. The van der Waals surface area contributed by atoms with Crippen LogP contribution < -0.4 is 16.4 Å². The van der Waals surface area contributed by atoms with Gasteiger partial charge in [-0.25, -0.2) is 0 Å². The van der Waals surface area contributed by atoms with Crippen molar-refractivity contribution in [1.29, 1.82) is 0 Å². The zero-order chi connectivity index (χ0) is 15.8. The van der Waals surface area contributed by atoms with Gasteiger partial charge in [0.15, 0.2) is 0 Å². The van der Waals surface area contributed by atoms with Gasteiger partial charge in [-0.15, -0.1) is 0 Å². The summed E-state index contributed by atoms with van der Waals surface area (Å²) in [5, 5.41) is 6.75. The van der Waals surface area contributed by atoms with Gasteiger partial charge in [-0.1, -0.05) is 15.9 Å². The van der Waals surface area contributed by atoms with Crippen LogP contribution in [0.25, 0.3) is 0 Å². The summed E-state index contributed by atoms with van der Waals surface area (Å²) < 4.78 is 0.854. The molecule has 0 bridgehead atoms. The number of rotatable bonds is 2.